The number of hydrogen-bond acceptors (Lipinski definition) is 0. The van der Waals surface area contributed by atoms with Gasteiger partial charge >= 0.3 is 0 Å². The fraction of sp³-hybridized carbons (Fsp3) is 1.00. The number of hydrogen-bond donors (Lipinski definition) is 0. The average Bonchev–Trinajstić information content (AvgIpc) is 3.64. The Kier molecular flexibility index (Phi) is 28.3. The van der Waals surface area contributed by atoms with E-state index in [9.17, 15) is 0 Å². The molecule has 2 unspecified atom stereocenters. The van der Waals surface area contributed by atoms with Gasteiger partial charge in [0.25, 0.3) is 0 Å². The van der Waals surface area contributed by atoms with E-state index in [1.165, 1.54) is 186 Å². The predicted octanol–water partition coefficient (Wildman–Crippen LogP) is 20.1. The molecule has 3 atom stereocenters. The molecule has 8 aliphatic carbocycles. The van der Waals surface area contributed by atoms with Gasteiger partial charge in [0.15, 0.2) is 0 Å². The molecule has 0 heteroatoms. The van der Waals surface area contributed by atoms with Gasteiger partial charge in [-0.3, -0.25) is 0 Å². The molecule has 8 saturated carbocycles. The smallest absolute Gasteiger partial charge is 0.0328 e. The SMILES string of the molecule is CC(C)C1CCC1.CC1CCC1(C)C.CCC1(C)CCC1.CCC1(C)CCC1.CCC1CC(C)C1.CCC1CCCC1.CCC1CC[C@@H]1C.CCCC1CCC1. The molecular weight excluding hydrogens is 673 g/mol. The van der Waals surface area contributed by atoms with Crippen molar-refractivity contribution in [3.63, 3.8) is 0 Å². The van der Waals surface area contributed by atoms with Crippen LogP contribution in [0.15, 0.2) is 0 Å². The van der Waals surface area contributed by atoms with Crippen molar-refractivity contribution < 1.29 is 0 Å². The Hall–Kier alpha value is 0. The van der Waals surface area contributed by atoms with E-state index in [2.05, 4.69) is 104 Å². The topological polar surface area (TPSA) is 0 Å². The summed E-state index contributed by atoms with van der Waals surface area (Å²) < 4.78 is 0. The van der Waals surface area contributed by atoms with E-state index in [-0.39, 0.29) is 0 Å². The Morgan fingerprint density at radius 1 is 0.482 bits per heavy atom. The molecule has 0 aliphatic heterocycles. The zero-order chi connectivity index (χ0) is 42.2. The highest BCUT2D eigenvalue weighted by Crippen LogP contribution is 2.45. The largest absolute Gasteiger partial charge is 0.0654 e. The molecule has 0 spiro atoms. The van der Waals surface area contributed by atoms with Crippen LogP contribution in [-0.2, 0) is 0 Å². The molecular formula is C56H112. The highest BCUT2D eigenvalue weighted by Gasteiger charge is 2.34. The van der Waals surface area contributed by atoms with E-state index in [1.54, 1.807) is 0 Å². The second-order valence-corrected chi connectivity index (χ2v) is 23.1. The van der Waals surface area contributed by atoms with E-state index in [0.717, 1.165) is 64.1 Å². The van der Waals surface area contributed by atoms with Crippen molar-refractivity contribution in [3.8, 4) is 0 Å². The van der Waals surface area contributed by atoms with Gasteiger partial charge in [0, 0.05) is 0 Å². The molecule has 0 aromatic rings. The lowest BCUT2D eigenvalue weighted by atomic mass is 9.64. The van der Waals surface area contributed by atoms with Crippen LogP contribution in [0, 0.1) is 69.5 Å². The van der Waals surface area contributed by atoms with Crippen LogP contribution in [0.4, 0.5) is 0 Å². The molecule has 0 N–H and O–H groups in total. The Morgan fingerprint density at radius 2 is 0.946 bits per heavy atom. The molecule has 0 nitrogen and oxygen atoms in total. The van der Waals surface area contributed by atoms with Gasteiger partial charge in [0.2, 0.25) is 0 Å². The lowest BCUT2D eigenvalue weighted by Gasteiger charge is -2.42. The van der Waals surface area contributed by atoms with E-state index < -0.39 is 0 Å². The average molecular weight is 786 g/mol. The molecule has 336 valence electrons. The van der Waals surface area contributed by atoms with E-state index >= 15 is 0 Å². The Labute approximate surface area is 358 Å². The summed E-state index contributed by atoms with van der Waals surface area (Å²) in [5.74, 6) is 9.51. The molecule has 0 saturated heterocycles. The zero-order valence-electron chi connectivity index (χ0n) is 42.2. The predicted molar refractivity (Wildman–Crippen MR) is 258 cm³/mol. The first-order valence-electron chi connectivity index (χ1n) is 26.5. The van der Waals surface area contributed by atoms with Crippen molar-refractivity contribution in [2.24, 2.45) is 69.5 Å². The quantitative estimate of drug-likeness (QED) is 0.230. The maximum atomic E-state index is 2.39. The maximum absolute atomic E-state index is 2.39. The summed E-state index contributed by atoms with van der Waals surface area (Å²) in [5, 5.41) is 0. The normalized spacial score (nSPS) is 29.9. The second kappa shape index (κ2) is 29.3. The zero-order valence-corrected chi connectivity index (χ0v) is 42.2. The van der Waals surface area contributed by atoms with E-state index in [0.29, 0.717) is 5.41 Å². The van der Waals surface area contributed by atoms with Gasteiger partial charge in [-0.05, 0) is 127 Å². The van der Waals surface area contributed by atoms with Crippen LogP contribution in [0.25, 0.3) is 0 Å². The highest BCUT2D eigenvalue weighted by atomic mass is 14.4. The molecule has 0 heterocycles. The lowest BCUT2D eigenvalue weighted by Crippen LogP contribution is -2.31. The molecule has 8 fully saturated rings. The summed E-state index contributed by atoms with van der Waals surface area (Å²) in [6.45, 7) is 34.9. The van der Waals surface area contributed by atoms with Gasteiger partial charge in [-0.1, -0.05) is 232 Å². The van der Waals surface area contributed by atoms with Crippen molar-refractivity contribution >= 4 is 0 Å². The molecule has 0 amide bonds. The van der Waals surface area contributed by atoms with Gasteiger partial charge < -0.3 is 0 Å². The lowest BCUT2D eigenvalue weighted by molar-refractivity contribution is 0.0892. The minimum atomic E-state index is 0.681. The Morgan fingerprint density at radius 3 is 1.02 bits per heavy atom. The maximum Gasteiger partial charge on any atom is -0.0328 e. The molecule has 8 aliphatic rings. The third-order valence-corrected chi connectivity index (χ3v) is 17.8. The van der Waals surface area contributed by atoms with Gasteiger partial charge in [0.1, 0.15) is 0 Å². The first-order chi connectivity index (χ1) is 26.5. The molecule has 8 rings (SSSR count). The van der Waals surface area contributed by atoms with Gasteiger partial charge in [-0.15, -0.1) is 0 Å². The van der Waals surface area contributed by atoms with Crippen LogP contribution in [0.1, 0.15) is 290 Å². The van der Waals surface area contributed by atoms with E-state index in [1.807, 2.05) is 0 Å². The van der Waals surface area contributed by atoms with Crippen LogP contribution in [0.5, 0.6) is 0 Å². The van der Waals surface area contributed by atoms with Gasteiger partial charge in [0.05, 0.1) is 0 Å². The fourth-order valence-corrected chi connectivity index (χ4v) is 9.74. The van der Waals surface area contributed by atoms with Crippen LogP contribution < -0.4 is 0 Å². The minimum absolute atomic E-state index is 0.681. The van der Waals surface area contributed by atoms with Crippen molar-refractivity contribution in [2.75, 3.05) is 0 Å². The first kappa shape index (κ1) is 54.0. The molecule has 0 aromatic carbocycles. The van der Waals surface area contributed by atoms with Crippen molar-refractivity contribution in [2.45, 2.75) is 290 Å². The molecule has 0 aromatic heterocycles. The summed E-state index contributed by atoms with van der Waals surface area (Å²) in [7, 11) is 0. The van der Waals surface area contributed by atoms with Crippen LogP contribution in [0.3, 0.4) is 0 Å². The fourth-order valence-electron chi connectivity index (χ4n) is 9.74. The van der Waals surface area contributed by atoms with Crippen molar-refractivity contribution in [1.29, 1.82) is 0 Å². The first-order valence-corrected chi connectivity index (χ1v) is 26.5. The van der Waals surface area contributed by atoms with E-state index in [4.69, 9.17) is 0 Å². The summed E-state index contributed by atoms with van der Waals surface area (Å²) >= 11 is 0. The monoisotopic (exact) mass is 785 g/mol. The third-order valence-electron chi connectivity index (χ3n) is 17.8. The Bertz CT molecular complexity index is 827. The Balaban J connectivity index is 0.000000320. The standard InChI is InChI=1S/8C7H14/c1-6-4-5-7(6,2)3;1-6(2)7-4-3-5-7;1-3-7-4-6(2)5-7;2*1-3-7(2)5-4-6-7;1-3-7-5-4-6(7)2;1-2-7-5-3-4-6-7;1-2-4-7-5-3-6-7/h6H,4-5H2,1-3H3;2*6-7H,3-5H2,1-2H3;2*3-6H2,1-2H3;6-7H,3-5H2,1-2H3;2*7H,2-6H2,1H3/t;;;;;6-,7?;;/m.....0../s1. The van der Waals surface area contributed by atoms with Gasteiger partial charge in [-0.2, -0.15) is 0 Å². The third kappa shape index (κ3) is 22.0. The molecule has 56 heavy (non-hydrogen) atoms. The second-order valence-electron chi connectivity index (χ2n) is 23.1. The summed E-state index contributed by atoms with van der Waals surface area (Å²) in [4.78, 5) is 0. The molecule has 0 radical (unpaired) electrons. The van der Waals surface area contributed by atoms with Gasteiger partial charge in [-0.25, -0.2) is 0 Å². The van der Waals surface area contributed by atoms with Crippen LogP contribution >= 0.6 is 0 Å². The molecule has 0 bridgehead atoms. The summed E-state index contributed by atoms with van der Waals surface area (Å²) in [6, 6.07) is 0. The van der Waals surface area contributed by atoms with Crippen LogP contribution in [0.2, 0.25) is 0 Å². The minimum Gasteiger partial charge on any atom is -0.0654 e. The van der Waals surface area contributed by atoms with Crippen LogP contribution in [-0.4, -0.2) is 0 Å². The summed E-state index contributed by atoms with van der Waals surface area (Å²) in [6.07, 6.45) is 42.6. The number of rotatable bonds is 8. The highest BCUT2D eigenvalue weighted by molar-refractivity contribution is 4.85. The summed E-state index contributed by atoms with van der Waals surface area (Å²) in [5.41, 5.74) is 2.21. The van der Waals surface area contributed by atoms with Crippen molar-refractivity contribution in [3.05, 3.63) is 0 Å². The van der Waals surface area contributed by atoms with Crippen molar-refractivity contribution in [1.82, 2.24) is 0 Å².